The van der Waals surface area contributed by atoms with E-state index in [1.807, 2.05) is 36.4 Å². The van der Waals surface area contributed by atoms with E-state index in [0.29, 0.717) is 5.58 Å². The lowest BCUT2D eigenvalue weighted by Crippen LogP contribution is -1.95. The van der Waals surface area contributed by atoms with Crippen molar-refractivity contribution in [3.05, 3.63) is 76.7 Å². The number of halogens is 1. The number of hydrogen-bond acceptors (Lipinski definition) is 3. The Bertz CT molecular complexity index is 938. The molecule has 108 valence electrons. The fraction of sp³-hybridized carbons (Fsp3) is 0. The van der Waals surface area contributed by atoms with Crippen LogP contribution in [0.4, 0.5) is 0 Å². The monoisotopic (exact) mass is 310 g/mol. The van der Waals surface area contributed by atoms with Crippen molar-refractivity contribution in [2.45, 2.75) is 0 Å². The summed E-state index contributed by atoms with van der Waals surface area (Å²) in [6.07, 6.45) is 2.97. The summed E-state index contributed by atoms with van der Waals surface area (Å²) in [5.41, 5.74) is 2.95. The molecule has 3 aromatic rings. The maximum Gasteiger partial charge on any atom is 0.336 e. The summed E-state index contributed by atoms with van der Waals surface area (Å²) in [7, 11) is 0. The van der Waals surface area contributed by atoms with Crippen LogP contribution in [0.2, 0.25) is 0 Å². The Labute approximate surface area is 131 Å². The van der Waals surface area contributed by atoms with Gasteiger partial charge in [0, 0.05) is 11.5 Å². The van der Waals surface area contributed by atoms with Gasteiger partial charge >= 0.3 is 5.63 Å². The zero-order valence-electron chi connectivity index (χ0n) is 11.5. The standard InChI is InChI=1S/C18H11ClO3/c19-17(20)9-7-12-3-1-4-13(11-12)14-5-2-6-16-15(14)8-10-18(21)22-16/h1-11H/b9-7+. The SMILES string of the molecule is O=C(Cl)/C=C/c1cccc(-c2cccc3oc(=O)ccc23)c1. The topological polar surface area (TPSA) is 47.3 Å². The first-order valence-electron chi connectivity index (χ1n) is 6.64. The molecule has 2 aromatic carbocycles. The fourth-order valence-corrected chi connectivity index (χ4v) is 2.39. The Kier molecular flexibility index (Phi) is 3.90. The third-order valence-corrected chi connectivity index (χ3v) is 3.39. The molecule has 0 radical (unpaired) electrons. The molecule has 0 spiro atoms. The number of carbonyl (C=O) groups excluding carboxylic acids is 1. The predicted molar refractivity (Wildman–Crippen MR) is 87.8 cm³/mol. The van der Waals surface area contributed by atoms with Crippen molar-refractivity contribution in [2.24, 2.45) is 0 Å². The highest BCUT2D eigenvalue weighted by molar-refractivity contribution is 6.66. The molecule has 0 saturated heterocycles. The van der Waals surface area contributed by atoms with E-state index in [0.717, 1.165) is 22.1 Å². The predicted octanol–water partition coefficient (Wildman–Crippen LogP) is 4.24. The van der Waals surface area contributed by atoms with Crippen molar-refractivity contribution in [1.29, 1.82) is 0 Å². The van der Waals surface area contributed by atoms with Crippen LogP contribution in [-0.4, -0.2) is 5.24 Å². The van der Waals surface area contributed by atoms with E-state index in [1.54, 1.807) is 18.2 Å². The first-order chi connectivity index (χ1) is 10.6. The maximum absolute atomic E-state index is 11.3. The van der Waals surface area contributed by atoms with Crippen LogP contribution < -0.4 is 5.63 Å². The molecule has 0 saturated carbocycles. The van der Waals surface area contributed by atoms with E-state index in [4.69, 9.17) is 16.0 Å². The molecule has 3 rings (SSSR count). The van der Waals surface area contributed by atoms with E-state index in [2.05, 4.69) is 0 Å². The molecule has 0 aliphatic heterocycles. The largest absolute Gasteiger partial charge is 0.423 e. The fourth-order valence-electron chi connectivity index (χ4n) is 2.32. The molecule has 0 amide bonds. The van der Waals surface area contributed by atoms with Crippen LogP contribution >= 0.6 is 11.6 Å². The van der Waals surface area contributed by atoms with Gasteiger partial charge in [-0.05, 0) is 52.6 Å². The Hall–Kier alpha value is -2.65. The van der Waals surface area contributed by atoms with Crippen LogP contribution in [0.25, 0.3) is 28.2 Å². The Balaban J connectivity index is 2.13. The average molecular weight is 311 g/mol. The van der Waals surface area contributed by atoms with Gasteiger partial charge in [-0.2, -0.15) is 0 Å². The molecule has 0 aliphatic carbocycles. The molecular formula is C18H11ClO3. The molecule has 0 fully saturated rings. The number of allylic oxidation sites excluding steroid dienone is 1. The summed E-state index contributed by atoms with van der Waals surface area (Å²) < 4.78 is 5.20. The summed E-state index contributed by atoms with van der Waals surface area (Å²) >= 11 is 5.31. The molecule has 0 bridgehead atoms. The summed E-state index contributed by atoms with van der Waals surface area (Å²) in [6.45, 7) is 0. The number of benzene rings is 2. The third kappa shape index (κ3) is 3.00. The van der Waals surface area contributed by atoms with Crippen LogP contribution in [0.3, 0.4) is 0 Å². The highest BCUT2D eigenvalue weighted by atomic mass is 35.5. The lowest BCUT2D eigenvalue weighted by molar-refractivity contribution is -0.107. The zero-order valence-corrected chi connectivity index (χ0v) is 12.2. The number of fused-ring (bicyclic) bond motifs is 1. The summed E-state index contributed by atoms with van der Waals surface area (Å²) in [5, 5.41) is 0.342. The lowest BCUT2D eigenvalue weighted by atomic mass is 9.99. The molecule has 0 N–H and O–H groups in total. The minimum atomic E-state index is -0.516. The quantitative estimate of drug-likeness (QED) is 0.413. The molecule has 0 aliphatic rings. The molecule has 1 aromatic heterocycles. The molecule has 22 heavy (non-hydrogen) atoms. The zero-order chi connectivity index (χ0) is 15.5. The second-order valence-electron chi connectivity index (χ2n) is 4.73. The first-order valence-corrected chi connectivity index (χ1v) is 7.02. The normalized spacial score (nSPS) is 11.1. The average Bonchev–Trinajstić information content (AvgIpc) is 2.52. The summed E-state index contributed by atoms with van der Waals surface area (Å²) in [6, 6.07) is 16.4. The number of carbonyl (C=O) groups is 1. The van der Waals surface area contributed by atoms with Gasteiger partial charge in [-0.3, -0.25) is 4.79 Å². The molecule has 4 heteroatoms. The molecule has 3 nitrogen and oxygen atoms in total. The number of rotatable bonds is 3. The third-order valence-electron chi connectivity index (χ3n) is 3.27. The second-order valence-corrected chi connectivity index (χ2v) is 5.11. The van der Waals surface area contributed by atoms with Gasteiger partial charge in [-0.25, -0.2) is 4.79 Å². The highest BCUT2D eigenvalue weighted by Gasteiger charge is 2.06. The highest BCUT2D eigenvalue weighted by Crippen LogP contribution is 2.28. The van der Waals surface area contributed by atoms with Crippen molar-refractivity contribution < 1.29 is 9.21 Å². The van der Waals surface area contributed by atoms with Crippen LogP contribution in [0.5, 0.6) is 0 Å². The molecular weight excluding hydrogens is 300 g/mol. The summed E-state index contributed by atoms with van der Waals surface area (Å²) in [5.74, 6) is 0. The van der Waals surface area contributed by atoms with Crippen LogP contribution in [0.15, 0.2) is 69.9 Å². The van der Waals surface area contributed by atoms with E-state index < -0.39 is 5.24 Å². The van der Waals surface area contributed by atoms with E-state index >= 15 is 0 Å². The van der Waals surface area contributed by atoms with Crippen LogP contribution in [-0.2, 0) is 4.79 Å². The van der Waals surface area contributed by atoms with Gasteiger partial charge in [-0.15, -0.1) is 0 Å². The minimum Gasteiger partial charge on any atom is -0.423 e. The van der Waals surface area contributed by atoms with Crippen LogP contribution in [0, 0.1) is 0 Å². The lowest BCUT2D eigenvalue weighted by Gasteiger charge is -2.06. The van der Waals surface area contributed by atoms with Crippen molar-refractivity contribution in [3.63, 3.8) is 0 Å². The second kappa shape index (κ2) is 6.00. The van der Waals surface area contributed by atoms with Crippen molar-refractivity contribution >= 4 is 33.9 Å². The Morgan fingerprint density at radius 2 is 1.86 bits per heavy atom. The minimum absolute atomic E-state index is 0.373. The van der Waals surface area contributed by atoms with E-state index in [9.17, 15) is 9.59 Å². The number of hydrogen-bond donors (Lipinski definition) is 0. The van der Waals surface area contributed by atoms with Gasteiger partial charge in [0.15, 0.2) is 0 Å². The maximum atomic E-state index is 11.3. The Morgan fingerprint density at radius 3 is 2.68 bits per heavy atom. The Morgan fingerprint density at radius 1 is 1.05 bits per heavy atom. The van der Waals surface area contributed by atoms with Gasteiger partial charge in [0.1, 0.15) is 5.58 Å². The molecule has 0 atom stereocenters. The van der Waals surface area contributed by atoms with Crippen molar-refractivity contribution in [1.82, 2.24) is 0 Å². The van der Waals surface area contributed by atoms with Gasteiger partial charge in [-0.1, -0.05) is 36.4 Å². The van der Waals surface area contributed by atoms with Gasteiger partial charge in [0.25, 0.3) is 0 Å². The summed E-state index contributed by atoms with van der Waals surface area (Å²) in [4.78, 5) is 22.1. The van der Waals surface area contributed by atoms with Gasteiger partial charge in [0.05, 0.1) is 0 Å². The molecule has 1 heterocycles. The molecule has 0 unspecified atom stereocenters. The first kappa shape index (κ1) is 14.3. The van der Waals surface area contributed by atoms with E-state index in [1.165, 1.54) is 12.1 Å². The van der Waals surface area contributed by atoms with Gasteiger partial charge < -0.3 is 4.42 Å². The smallest absolute Gasteiger partial charge is 0.336 e. The van der Waals surface area contributed by atoms with Crippen molar-refractivity contribution in [2.75, 3.05) is 0 Å². The van der Waals surface area contributed by atoms with Crippen molar-refractivity contribution in [3.8, 4) is 11.1 Å². The van der Waals surface area contributed by atoms with E-state index in [-0.39, 0.29) is 5.63 Å². The van der Waals surface area contributed by atoms with Gasteiger partial charge in [0.2, 0.25) is 5.24 Å². The van der Waals surface area contributed by atoms with Crippen LogP contribution in [0.1, 0.15) is 5.56 Å².